The zero-order valence-corrected chi connectivity index (χ0v) is 12.7. The predicted octanol–water partition coefficient (Wildman–Crippen LogP) is 1.42. The van der Waals surface area contributed by atoms with Crippen molar-refractivity contribution in [2.75, 3.05) is 20.3 Å². The third-order valence-corrected chi connectivity index (χ3v) is 5.10. The zero-order valence-electron chi connectivity index (χ0n) is 11.9. The smallest absolute Gasteiger partial charge is 0.240 e. The first kappa shape index (κ1) is 15.4. The van der Waals surface area contributed by atoms with Gasteiger partial charge in [0.15, 0.2) is 0 Å². The standard InChI is InChI=1S/C14H22N2O3S/c1-11(15-2)12-5-3-7-14(9-12)20(17,18)16-13-6-4-8-19-10-13/h3,5,7,9,11,13,15-16H,4,6,8,10H2,1-2H3. The molecule has 1 heterocycles. The fourth-order valence-electron chi connectivity index (χ4n) is 2.24. The van der Waals surface area contributed by atoms with Crippen molar-refractivity contribution in [3.8, 4) is 0 Å². The Morgan fingerprint density at radius 1 is 1.40 bits per heavy atom. The molecule has 2 atom stereocenters. The van der Waals surface area contributed by atoms with Crippen molar-refractivity contribution in [2.24, 2.45) is 0 Å². The van der Waals surface area contributed by atoms with Crippen LogP contribution in [0.5, 0.6) is 0 Å². The van der Waals surface area contributed by atoms with Crippen LogP contribution in [-0.4, -0.2) is 34.7 Å². The summed E-state index contributed by atoms with van der Waals surface area (Å²) in [7, 11) is -1.63. The summed E-state index contributed by atoms with van der Waals surface area (Å²) in [5, 5.41) is 3.11. The molecule has 0 aliphatic carbocycles. The van der Waals surface area contributed by atoms with Gasteiger partial charge < -0.3 is 10.1 Å². The lowest BCUT2D eigenvalue weighted by molar-refractivity contribution is 0.0774. The van der Waals surface area contributed by atoms with Crippen molar-refractivity contribution in [1.82, 2.24) is 10.0 Å². The Hall–Kier alpha value is -0.950. The maximum absolute atomic E-state index is 12.4. The zero-order chi connectivity index (χ0) is 14.6. The molecule has 2 unspecified atom stereocenters. The number of sulfonamides is 1. The molecule has 112 valence electrons. The summed E-state index contributed by atoms with van der Waals surface area (Å²) in [6.07, 6.45) is 1.72. The highest BCUT2D eigenvalue weighted by atomic mass is 32.2. The lowest BCUT2D eigenvalue weighted by Crippen LogP contribution is -2.40. The summed E-state index contributed by atoms with van der Waals surface area (Å²) < 4.78 is 32.8. The van der Waals surface area contributed by atoms with Crippen LogP contribution in [0.25, 0.3) is 0 Å². The number of hydrogen-bond acceptors (Lipinski definition) is 4. The van der Waals surface area contributed by atoms with Gasteiger partial charge in [0.05, 0.1) is 11.5 Å². The van der Waals surface area contributed by atoms with E-state index < -0.39 is 10.0 Å². The number of benzene rings is 1. The van der Waals surface area contributed by atoms with Crippen LogP contribution < -0.4 is 10.0 Å². The third-order valence-electron chi connectivity index (χ3n) is 3.58. The molecule has 2 N–H and O–H groups in total. The van der Waals surface area contributed by atoms with E-state index in [1.54, 1.807) is 18.2 Å². The van der Waals surface area contributed by atoms with Crippen molar-refractivity contribution in [3.63, 3.8) is 0 Å². The van der Waals surface area contributed by atoms with E-state index in [0.29, 0.717) is 18.1 Å². The largest absolute Gasteiger partial charge is 0.380 e. The minimum atomic E-state index is -3.48. The van der Waals surface area contributed by atoms with Crippen molar-refractivity contribution in [1.29, 1.82) is 0 Å². The molecule has 2 rings (SSSR count). The lowest BCUT2D eigenvalue weighted by Gasteiger charge is -2.23. The maximum atomic E-state index is 12.4. The van der Waals surface area contributed by atoms with Crippen molar-refractivity contribution in [3.05, 3.63) is 29.8 Å². The second kappa shape index (κ2) is 6.67. The summed E-state index contributed by atoms with van der Waals surface area (Å²) in [6, 6.07) is 7.02. The highest BCUT2D eigenvalue weighted by molar-refractivity contribution is 7.89. The summed E-state index contributed by atoms with van der Waals surface area (Å²) in [5.74, 6) is 0. The van der Waals surface area contributed by atoms with Gasteiger partial charge in [0.2, 0.25) is 10.0 Å². The molecule has 1 aromatic rings. The molecule has 0 spiro atoms. The number of ether oxygens (including phenoxy) is 1. The Balaban J connectivity index is 2.16. The highest BCUT2D eigenvalue weighted by Crippen LogP contribution is 2.18. The van der Waals surface area contributed by atoms with Gasteiger partial charge in [0.1, 0.15) is 0 Å². The van der Waals surface area contributed by atoms with E-state index in [4.69, 9.17) is 4.74 Å². The fraction of sp³-hybridized carbons (Fsp3) is 0.571. The normalized spacial score (nSPS) is 21.6. The lowest BCUT2D eigenvalue weighted by atomic mass is 10.1. The van der Waals surface area contributed by atoms with Crippen molar-refractivity contribution in [2.45, 2.75) is 36.7 Å². The number of hydrogen-bond donors (Lipinski definition) is 2. The first-order valence-electron chi connectivity index (χ1n) is 6.90. The highest BCUT2D eigenvalue weighted by Gasteiger charge is 2.22. The Morgan fingerprint density at radius 3 is 2.85 bits per heavy atom. The quantitative estimate of drug-likeness (QED) is 0.863. The van der Waals surface area contributed by atoms with Crippen LogP contribution in [0.2, 0.25) is 0 Å². The van der Waals surface area contributed by atoms with Gasteiger partial charge in [-0.1, -0.05) is 12.1 Å². The average molecular weight is 298 g/mol. The molecule has 1 aliphatic heterocycles. The van der Waals surface area contributed by atoms with Gasteiger partial charge in [-0.25, -0.2) is 13.1 Å². The first-order chi connectivity index (χ1) is 9.53. The monoisotopic (exact) mass is 298 g/mol. The van der Waals surface area contributed by atoms with E-state index >= 15 is 0 Å². The molecule has 1 fully saturated rings. The molecule has 5 nitrogen and oxygen atoms in total. The Kier molecular flexibility index (Phi) is 5.15. The molecule has 1 aliphatic rings. The predicted molar refractivity (Wildman–Crippen MR) is 78.1 cm³/mol. The Labute approximate surface area is 120 Å². The van der Waals surface area contributed by atoms with Gasteiger partial charge in [-0.3, -0.25) is 0 Å². The molecule has 6 heteroatoms. The van der Waals surface area contributed by atoms with Crippen LogP contribution in [0.3, 0.4) is 0 Å². The van der Waals surface area contributed by atoms with E-state index in [9.17, 15) is 8.42 Å². The number of nitrogens with one attached hydrogen (secondary N) is 2. The van der Waals surface area contributed by atoms with Gasteiger partial charge in [-0.15, -0.1) is 0 Å². The molecular formula is C14H22N2O3S. The molecule has 0 amide bonds. The van der Waals surface area contributed by atoms with Gasteiger partial charge >= 0.3 is 0 Å². The molecule has 0 aromatic heterocycles. The summed E-state index contributed by atoms with van der Waals surface area (Å²) in [5.41, 5.74) is 0.954. The van der Waals surface area contributed by atoms with E-state index in [1.165, 1.54) is 0 Å². The summed E-state index contributed by atoms with van der Waals surface area (Å²) in [6.45, 7) is 3.16. The summed E-state index contributed by atoms with van der Waals surface area (Å²) in [4.78, 5) is 0.308. The van der Waals surface area contributed by atoms with Gasteiger partial charge in [-0.05, 0) is 44.5 Å². The summed E-state index contributed by atoms with van der Waals surface area (Å²) >= 11 is 0. The van der Waals surface area contributed by atoms with Crippen LogP contribution >= 0.6 is 0 Å². The molecular weight excluding hydrogens is 276 g/mol. The second-order valence-corrected chi connectivity index (χ2v) is 6.83. The van der Waals surface area contributed by atoms with E-state index in [-0.39, 0.29) is 12.1 Å². The van der Waals surface area contributed by atoms with Gasteiger partial charge in [0, 0.05) is 18.7 Å². The van der Waals surface area contributed by atoms with Gasteiger partial charge in [-0.2, -0.15) is 0 Å². The first-order valence-corrected chi connectivity index (χ1v) is 8.38. The SMILES string of the molecule is CNC(C)c1cccc(S(=O)(=O)NC2CCCOC2)c1. The van der Waals surface area contributed by atoms with E-state index in [1.807, 2.05) is 20.0 Å². The van der Waals surface area contributed by atoms with Crippen LogP contribution in [0.4, 0.5) is 0 Å². The molecule has 0 saturated carbocycles. The van der Waals surface area contributed by atoms with Crippen LogP contribution in [0.15, 0.2) is 29.2 Å². The van der Waals surface area contributed by atoms with E-state index in [0.717, 1.165) is 18.4 Å². The van der Waals surface area contributed by atoms with Crippen molar-refractivity contribution < 1.29 is 13.2 Å². The Bertz CT molecular complexity index is 539. The Morgan fingerprint density at radius 2 is 2.20 bits per heavy atom. The minimum absolute atomic E-state index is 0.114. The van der Waals surface area contributed by atoms with Crippen LogP contribution in [0, 0.1) is 0 Å². The van der Waals surface area contributed by atoms with Gasteiger partial charge in [0.25, 0.3) is 0 Å². The maximum Gasteiger partial charge on any atom is 0.240 e. The molecule has 1 aromatic carbocycles. The van der Waals surface area contributed by atoms with Crippen molar-refractivity contribution >= 4 is 10.0 Å². The van der Waals surface area contributed by atoms with Crippen LogP contribution in [-0.2, 0) is 14.8 Å². The molecule has 0 bridgehead atoms. The molecule has 0 radical (unpaired) electrons. The molecule has 1 saturated heterocycles. The number of rotatable bonds is 5. The molecule has 20 heavy (non-hydrogen) atoms. The van der Waals surface area contributed by atoms with Crippen LogP contribution in [0.1, 0.15) is 31.4 Å². The fourth-order valence-corrected chi connectivity index (χ4v) is 3.55. The second-order valence-electron chi connectivity index (χ2n) is 5.12. The van der Waals surface area contributed by atoms with E-state index in [2.05, 4.69) is 10.0 Å². The minimum Gasteiger partial charge on any atom is -0.380 e. The third kappa shape index (κ3) is 3.79. The topological polar surface area (TPSA) is 67.4 Å². The average Bonchev–Trinajstić information content (AvgIpc) is 2.47.